The standard InChI is InChI=1S/C15H18FNO2/c1-2-13(18)4-3-9-17-14-7-6-12(16)10-11(14)5-8-15(17)19/h6-7,10H,2-5,8-9H2,1H3. The van der Waals surface area contributed by atoms with E-state index in [-0.39, 0.29) is 17.5 Å². The summed E-state index contributed by atoms with van der Waals surface area (Å²) >= 11 is 0. The maximum Gasteiger partial charge on any atom is 0.227 e. The normalized spacial score (nSPS) is 14.4. The molecule has 1 amide bonds. The molecule has 0 spiro atoms. The number of halogens is 1. The Kier molecular flexibility index (Phi) is 4.30. The summed E-state index contributed by atoms with van der Waals surface area (Å²) in [5, 5.41) is 0. The van der Waals surface area contributed by atoms with Gasteiger partial charge in [-0.25, -0.2) is 4.39 Å². The van der Waals surface area contributed by atoms with Crippen molar-refractivity contribution in [2.75, 3.05) is 11.4 Å². The predicted molar refractivity (Wildman–Crippen MR) is 71.6 cm³/mol. The van der Waals surface area contributed by atoms with E-state index in [1.807, 2.05) is 6.92 Å². The molecule has 2 rings (SSSR count). The minimum atomic E-state index is -0.269. The van der Waals surface area contributed by atoms with Gasteiger partial charge in [0.15, 0.2) is 0 Å². The fourth-order valence-electron chi connectivity index (χ4n) is 2.38. The molecule has 0 fully saturated rings. The summed E-state index contributed by atoms with van der Waals surface area (Å²) in [5.41, 5.74) is 1.67. The first-order chi connectivity index (χ1) is 9.11. The second-order valence-corrected chi connectivity index (χ2v) is 4.81. The topological polar surface area (TPSA) is 37.4 Å². The van der Waals surface area contributed by atoms with Gasteiger partial charge in [-0.2, -0.15) is 0 Å². The molecule has 0 saturated carbocycles. The number of carbonyl (C=O) groups is 2. The molecule has 0 aromatic heterocycles. The van der Waals surface area contributed by atoms with Gasteiger partial charge in [-0.3, -0.25) is 9.59 Å². The van der Waals surface area contributed by atoms with Crippen LogP contribution in [-0.2, 0) is 16.0 Å². The van der Waals surface area contributed by atoms with Crippen molar-refractivity contribution in [1.29, 1.82) is 0 Å². The van der Waals surface area contributed by atoms with E-state index in [9.17, 15) is 14.0 Å². The average Bonchev–Trinajstić information content (AvgIpc) is 2.41. The first-order valence-corrected chi connectivity index (χ1v) is 6.72. The smallest absolute Gasteiger partial charge is 0.227 e. The molecule has 19 heavy (non-hydrogen) atoms. The van der Waals surface area contributed by atoms with Crippen LogP contribution >= 0.6 is 0 Å². The lowest BCUT2D eigenvalue weighted by molar-refractivity contribution is -0.120. The molecule has 0 N–H and O–H groups in total. The second-order valence-electron chi connectivity index (χ2n) is 4.81. The Bertz CT molecular complexity index is 499. The molecule has 1 aliphatic heterocycles. The van der Waals surface area contributed by atoms with E-state index < -0.39 is 0 Å². The third-order valence-electron chi connectivity index (χ3n) is 3.47. The molecule has 0 radical (unpaired) electrons. The molecule has 3 nitrogen and oxygen atoms in total. The lowest BCUT2D eigenvalue weighted by atomic mass is 10.0. The Hall–Kier alpha value is -1.71. The van der Waals surface area contributed by atoms with Crippen molar-refractivity contribution in [3.63, 3.8) is 0 Å². The Morgan fingerprint density at radius 3 is 2.89 bits per heavy atom. The molecule has 0 unspecified atom stereocenters. The van der Waals surface area contributed by atoms with Crippen LogP contribution in [0.4, 0.5) is 10.1 Å². The highest BCUT2D eigenvalue weighted by molar-refractivity contribution is 5.96. The van der Waals surface area contributed by atoms with Gasteiger partial charge in [0.1, 0.15) is 11.6 Å². The van der Waals surface area contributed by atoms with Crippen LogP contribution in [-0.4, -0.2) is 18.2 Å². The maximum absolute atomic E-state index is 13.2. The first-order valence-electron chi connectivity index (χ1n) is 6.72. The Morgan fingerprint density at radius 1 is 1.37 bits per heavy atom. The highest BCUT2D eigenvalue weighted by atomic mass is 19.1. The van der Waals surface area contributed by atoms with Crippen LogP contribution in [0.3, 0.4) is 0 Å². The largest absolute Gasteiger partial charge is 0.312 e. The lowest BCUT2D eigenvalue weighted by Gasteiger charge is -2.29. The maximum atomic E-state index is 13.2. The van der Waals surface area contributed by atoms with E-state index in [4.69, 9.17) is 0 Å². The van der Waals surface area contributed by atoms with Crippen molar-refractivity contribution >= 4 is 17.4 Å². The number of Topliss-reactive ketones (excluding diaryl/α,β-unsaturated/α-hetero) is 1. The molecule has 0 atom stereocenters. The van der Waals surface area contributed by atoms with Gasteiger partial charge in [0.25, 0.3) is 0 Å². The van der Waals surface area contributed by atoms with Crippen LogP contribution in [0.15, 0.2) is 18.2 Å². The summed E-state index contributed by atoms with van der Waals surface area (Å²) < 4.78 is 13.2. The van der Waals surface area contributed by atoms with E-state index in [2.05, 4.69) is 0 Å². The van der Waals surface area contributed by atoms with E-state index >= 15 is 0 Å². The van der Waals surface area contributed by atoms with E-state index in [1.54, 1.807) is 11.0 Å². The molecule has 1 aromatic carbocycles. The number of fused-ring (bicyclic) bond motifs is 1. The summed E-state index contributed by atoms with van der Waals surface area (Å²) in [4.78, 5) is 24.9. The number of ketones is 1. The lowest BCUT2D eigenvalue weighted by Crippen LogP contribution is -2.36. The summed E-state index contributed by atoms with van der Waals surface area (Å²) in [7, 11) is 0. The monoisotopic (exact) mass is 263 g/mol. The van der Waals surface area contributed by atoms with Crippen LogP contribution in [0.5, 0.6) is 0 Å². The predicted octanol–water partition coefficient (Wildman–Crippen LogP) is 2.86. The van der Waals surface area contributed by atoms with Gasteiger partial charge in [0, 0.05) is 31.5 Å². The SMILES string of the molecule is CCC(=O)CCCN1C(=O)CCc2cc(F)ccc21. The fourth-order valence-corrected chi connectivity index (χ4v) is 2.38. The number of benzene rings is 1. The van der Waals surface area contributed by atoms with Gasteiger partial charge in [-0.15, -0.1) is 0 Å². The van der Waals surface area contributed by atoms with Crippen LogP contribution in [0.1, 0.15) is 38.2 Å². The van der Waals surface area contributed by atoms with E-state index in [0.29, 0.717) is 38.6 Å². The number of amides is 1. The van der Waals surface area contributed by atoms with E-state index in [0.717, 1.165) is 11.3 Å². The molecular formula is C15H18FNO2. The van der Waals surface area contributed by atoms with Crippen molar-refractivity contribution in [2.45, 2.75) is 39.0 Å². The van der Waals surface area contributed by atoms with Crippen molar-refractivity contribution in [2.24, 2.45) is 0 Å². The zero-order valence-electron chi connectivity index (χ0n) is 11.1. The Balaban J connectivity index is 2.08. The third kappa shape index (κ3) is 3.19. The van der Waals surface area contributed by atoms with Gasteiger partial charge in [0.05, 0.1) is 0 Å². The highest BCUT2D eigenvalue weighted by Gasteiger charge is 2.23. The number of nitrogens with zero attached hydrogens (tertiary/aromatic N) is 1. The molecule has 0 bridgehead atoms. The van der Waals surface area contributed by atoms with E-state index in [1.165, 1.54) is 12.1 Å². The van der Waals surface area contributed by atoms with Gasteiger partial charge in [-0.05, 0) is 36.6 Å². The summed E-state index contributed by atoms with van der Waals surface area (Å²) in [6.07, 6.45) is 2.70. The van der Waals surface area contributed by atoms with Gasteiger partial charge < -0.3 is 4.90 Å². The van der Waals surface area contributed by atoms with Crippen LogP contribution in [0.25, 0.3) is 0 Å². The Morgan fingerprint density at radius 2 is 2.16 bits per heavy atom. The summed E-state index contributed by atoms with van der Waals surface area (Å²) in [6, 6.07) is 4.52. The molecular weight excluding hydrogens is 245 g/mol. The van der Waals surface area contributed by atoms with Crippen LogP contribution < -0.4 is 4.90 Å². The van der Waals surface area contributed by atoms with Crippen molar-refractivity contribution in [3.05, 3.63) is 29.6 Å². The van der Waals surface area contributed by atoms with Crippen LogP contribution in [0.2, 0.25) is 0 Å². The summed E-state index contributed by atoms with van der Waals surface area (Å²) in [6.45, 7) is 2.37. The Labute approximate surface area is 112 Å². The van der Waals surface area contributed by atoms with Crippen molar-refractivity contribution in [1.82, 2.24) is 0 Å². The molecule has 0 aliphatic carbocycles. The number of hydrogen-bond donors (Lipinski definition) is 0. The van der Waals surface area contributed by atoms with Gasteiger partial charge >= 0.3 is 0 Å². The minimum Gasteiger partial charge on any atom is -0.312 e. The van der Waals surface area contributed by atoms with Gasteiger partial charge in [-0.1, -0.05) is 6.92 Å². The fraction of sp³-hybridized carbons (Fsp3) is 0.467. The zero-order valence-corrected chi connectivity index (χ0v) is 11.1. The zero-order chi connectivity index (χ0) is 13.8. The van der Waals surface area contributed by atoms with Crippen molar-refractivity contribution < 1.29 is 14.0 Å². The first kappa shape index (κ1) is 13.7. The average molecular weight is 263 g/mol. The number of hydrogen-bond acceptors (Lipinski definition) is 2. The minimum absolute atomic E-state index is 0.0584. The molecule has 1 aromatic rings. The number of anilines is 1. The third-order valence-corrected chi connectivity index (χ3v) is 3.47. The van der Waals surface area contributed by atoms with Crippen LogP contribution in [0, 0.1) is 5.82 Å². The quantitative estimate of drug-likeness (QED) is 0.819. The molecule has 1 heterocycles. The molecule has 1 aliphatic rings. The second kappa shape index (κ2) is 5.95. The number of carbonyl (C=O) groups excluding carboxylic acids is 2. The number of rotatable bonds is 5. The van der Waals surface area contributed by atoms with Crippen molar-refractivity contribution in [3.8, 4) is 0 Å². The van der Waals surface area contributed by atoms with Gasteiger partial charge in [0.2, 0.25) is 5.91 Å². The highest BCUT2D eigenvalue weighted by Crippen LogP contribution is 2.28. The summed E-state index contributed by atoms with van der Waals surface area (Å²) in [5.74, 6) is 0.000975. The molecule has 4 heteroatoms. The molecule has 102 valence electrons. The number of aryl methyl sites for hydroxylation is 1. The molecule has 0 saturated heterocycles.